The Hall–Kier alpha value is -2.67. The van der Waals surface area contributed by atoms with E-state index in [4.69, 9.17) is 10.2 Å². The zero-order chi connectivity index (χ0) is 17.8. The molecular weight excluding hydrogens is 325 g/mol. The number of likely N-dealkylation sites (tertiary alicyclic amines) is 1. The van der Waals surface area contributed by atoms with Crippen molar-refractivity contribution in [1.82, 2.24) is 10.2 Å². The molecule has 25 heavy (non-hydrogen) atoms. The van der Waals surface area contributed by atoms with Crippen LogP contribution in [0.5, 0.6) is 0 Å². The van der Waals surface area contributed by atoms with Gasteiger partial charge in [0.2, 0.25) is 0 Å². The minimum absolute atomic E-state index is 0.0339. The van der Waals surface area contributed by atoms with E-state index in [1.54, 1.807) is 23.1 Å². The molecule has 132 valence electrons. The van der Waals surface area contributed by atoms with Crippen molar-refractivity contribution in [3.05, 3.63) is 59.3 Å². The molecule has 2 heterocycles. The summed E-state index contributed by atoms with van der Waals surface area (Å²) < 4.78 is 18.9. The molecule has 3 N–H and O–H groups in total. The van der Waals surface area contributed by atoms with Gasteiger partial charge in [0.15, 0.2) is 0 Å². The number of benzene rings is 1. The number of halogens is 1. The molecule has 2 aromatic rings. The lowest BCUT2D eigenvalue weighted by atomic mass is 10.0. The van der Waals surface area contributed by atoms with Gasteiger partial charge in [0.25, 0.3) is 11.8 Å². The predicted molar refractivity (Wildman–Crippen MR) is 89.4 cm³/mol. The normalized spacial score (nSPS) is 15.2. The van der Waals surface area contributed by atoms with Gasteiger partial charge < -0.3 is 20.4 Å². The first-order valence-corrected chi connectivity index (χ1v) is 8.20. The third-order valence-corrected chi connectivity index (χ3v) is 4.34. The molecule has 1 saturated heterocycles. The van der Waals surface area contributed by atoms with Crippen LogP contribution in [0, 0.1) is 5.82 Å². The Balaban J connectivity index is 1.54. The smallest absolute Gasteiger partial charge is 0.256 e. The molecule has 0 spiro atoms. The molecule has 7 heteroatoms. The third-order valence-electron chi connectivity index (χ3n) is 4.34. The Labute approximate surface area is 144 Å². The second kappa shape index (κ2) is 7.48. The van der Waals surface area contributed by atoms with Crippen LogP contribution < -0.4 is 11.1 Å². The van der Waals surface area contributed by atoms with Gasteiger partial charge in [-0.3, -0.25) is 9.59 Å². The molecule has 3 rings (SSSR count). The van der Waals surface area contributed by atoms with E-state index in [0.717, 1.165) is 0 Å². The number of piperidine rings is 1. The van der Waals surface area contributed by atoms with Crippen LogP contribution in [0.25, 0.3) is 0 Å². The van der Waals surface area contributed by atoms with Crippen molar-refractivity contribution in [1.29, 1.82) is 0 Å². The van der Waals surface area contributed by atoms with E-state index >= 15 is 0 Å². The minimum atomic E-state index is -0.515. The summed E-state index contributed by atoms with van der Waals surface area (Å²) in [6.07, 6.45) is 2.62. The number of furan rings is 1. The zero-order valence-electron chi connectivity index (χ0n) is 13.7. The number of carbonyl (C=O) groups excluding carboxylic acids is 2. The van der Waals surface area contributed by atoms with E-state index in [2.05, 4.69) is 5.32 Å². The molecule has 1 aliphatic heterocycles. The summed E-state index contributed by atoms with van der Waals surface area (Å²) in [4.78, 5) is 26.2. The Bertz CT molecular complexity index is 766. The third kappa shape index (κ3) is 3.88. The molecule has 1 aromatic carbocycles. The summed E-state index contributed by atoms with van der Waals surface area (Å²) in [5, 5.41) is 2.93. The largest absolute Gasteiger partial charge is 0.467 e. The van der Waals surface area contributed by atoms with Gasteiger partial charge in [-0.2, -0.15) is 0 Å². The van der Waals surface area contributed by atoms with Crippen LogP contribution in [0.4, 0.5) is 4.39 Å². The van der Waals surface area contributed by atoms with E-state index < -0.39 is 5.82 Å². The second-order valence-corrected chi connectivity index (χ2v) is 6.03. The average molecular weight is 345 g/mol. The van der Waals surface area contributed by atoms with Crippen molar-refractivity contribution >= 4 is 11.8 Å². The van der Waals surface area contributed by atoms with Crippen LogP contribution in [0.3, 0.4) is 0 Å². The first-order chi connectivity index (χ1) is 12.1. The summed E-state index contributed by atoms with van der Waals surface area (Å²) in [7, 11) is 0. The fourth-order valence-electron chi connectivity index (χ4n) is 2.91. The van der Waals surface area contributed by atoms with Crippen molar-refractivity contribution in [2.45, 2.75) is 25.4 Å². The lowest BCUT2D eigenvalue weighted by molar-refractivity contribution is 0.0693. The summed E-state index contributed by atoms with van der Waals surface area (Å²) in [5.74, 6) is -0.498. The molecule has 1 fully saturated rings. The predicted octanol–water partition coefficient (Wildman–Crippen LogP) is 1.91. The maximum atomic E-state index is 13.7. The van der Waals surface area contributed by atoms with Crippen LogP contribution in [0.2, 0.25) is 0 Å². The van der Waals surface area contributed by atoms with E-state index in [0.29, 0.717) is 37.3 Å². The van der Waals surface area contributed by atoms with Gasteiger partial charge in [-0.15, -0.1) is 0 Å². The van der Waals surface area contributed by atoms with Gasteiger partial charge in [-0.25, -0.2) is 4.39 Å². The highest BCUT2D eigenvalue weighted by atomic mass is 19.1. The molecule has 2 amide bonds. The first kappa shape index (κ1) is 17.2. The van der Waals surface area contributed by atoms with Crippen LogP contribution >= 0.6 is 0 Å². The molecule has 0 unspecified atom stereocenters. The lowest BCUT2D eigenvalue weighted by Gasteiger charge is -2.32. The van der Waals surface area contributed by atoms with Crippen molar-refractivity contribution in [3.63, 3.8) is 0 Å². The fourth-order valence-corrected chi connectivity index (χ4v) is 2.91. The standard InChI is InChI=1S/C18H20FN3O3/c19-16-4-2-1-3-15(16)18(24)22-7-5-13(6-8-22)21-17(23)12-9-14(10-20)25-11-12/h1-4,9,11,13H,5-8,10,20H2,(H,21,23). The Kier molecular flexibility index (Phi) is 5.14. The van der Waals surface area contributed by atoms with Gasteiger partial charge in [-0.1, -0.05) is 12.1 Å². The highest BCUT2D eigenvalue weighted by Gasteiger charge is 2.26. The van der Waals surface area contributed by atoms with Crippen molar-refractivity contribution in [2.24, 2.45) is 5.73 Å². The highest BCUT2D eigenvalue weighted by Crippen LogP contribution is 2.17. The SMILES string of the molecule is NCc1cc(C(=O)NC2CCN(C(=O)c3ccccc3F)CC2)co1. The monoisotopic (exact) mass is 345 g/mol. The second-order valence-electron chi connectivity index (χ2n) is 6.03. The summed E-state index contributed by atoms with van der Waals surface area (Å²) >= 11 is 0. The fraction of sp³-hybridized carbons (Fsp3) is 0.333. The highest BCUT2D eigenvalue weighted by molar-refractivity contribution is 5.95. The maximum Gasteiger partial charge on any atom is 0.256 e. The number of hydrogen-bond acceptors (Lipinski definition) is 4. The number of rotatable bonds is 4. The topological polar surface area (TPSA) is 88.6 Å². The molecule has 0 aliphatic carbocycles. The molecule has 6 nitrogen and oxygen atoms in total. The van der Waals surface area contributed by atoms with E-state index in [1.165, 1.54) is 18.4 Å². The number of carbonyl (C=O) groups is 2. The maximum absolute atomic E-state index is 13.7. The average Bonchev–Trinajstić information content (AvgIpc) is 3.11. The number of hydrogen-bond donors (Lipinski definition) is 2. The minimum Gasteiger partial charge on any atom is -0.467 e. The van der Waals surface area contributed by atoms with Crippen LogP contribution in [-0.2, 0) is 6.54 Å². The number of amides is 2. The lowest BCUT2D eigenvalue weighted by Crippen LogP contribution is -2.46. The van der Waals surface area contributed by atoms with Crippen LogP contribution in [-0.4, -0.2) is 35.8 Å². The molecular formula is C18H20FN3O3. The first-order valence-electron chi connectivity index (χ1n) is 8.20. The quantitative estimate of drug-likeness (QED) is 0.886. The van der Waals surface area contributed by atoms with Gasteiger partial charge in [0.1, 0.15) is 17.8 Å². The van der Waals surface area contributed by atoms with E-state index in [9.17, 15) is 14.0 Å². The van der Waals surface area contributed by atoms with Crippen LogP contribution in [0.1, 0.15) is 39.3 Å². The number of nitrogens with one attached hydrogen (secondary N) is 1. The van der Waals surface area contributed by atoms with Gasteiger partial charge in [0.05, 0.1) is 17.7 Å². The summed E-state index contributed by atoms with van der Waals surface area (Å²) in [6.45, 7) is 1.18. The van der Waals surface area contributed by atoms with Crippen molar-refractivity contribution in [3.8, 4) is 0 Å². The molecule has 0 atom stereocenters. The number of nitrogens with zero attached hydrogens (tertiary/aromatic N) is 1. The van der Waals surface area contributed by atoms with E-state index in [1.807, 2.05) is 0 Å². The van der Waals surface area contributed by atoms with Gasteiger partial charge in [0, 0.05) is 19.1 Å². The Morgan fingerprint density at radius 1 is 1.28 bits per heavy atom. The van der Waals surface area contributed by atoms with Crippen LogP contribution in [0.15, 0.2) is 41.0 Å². The molecule has 0 radical (unpaired) electrons. The number of nitrogens with two attached hydrogens (primary N) is 1. The molecule has 0 saturated carbocycles. The van der Waals surface area contributed by atoms with E-state index in [-0.39, 0.29) is 30.0 Å². The summed E-state index contributed by atoms with van der Waals surface area (Å²) in [6, 6.07) is 7.55. The van der Waals surface area contributed by atoms with Gasteiger partial charge in [-0.05, 0) is 31.0 Å². The molecule has 0 bridgehead atoms. The van der Waals surface area contributed by atoms with Gasteiger partial charge >= 0.3 is 0 Å². The Morgan fingerprint density at radius 2 is 2.00 bits per heavy atom. The molecule has 1 aliphatic rings. The van der Waals surface area contributed by atoms with Crippen molar-refractivity contribution in [2.75, 3.05) is 13.1 Å². The Morgan fingerprint density at radius 3 is 2.64 bits per heavy atom. The van der Waals surface area contributed by atoms with Crippen molar-refractivity contribution < 1.29 is 18.4 Å². The molecule has 1 aromatic heterocycles. The summed E-state index contributed by atoms with van der Waals surface area (Å²) in [5.41, 5.74) is 5.98. The zero-order valence-corrected chi connectivity index (χ0v) is 13.7.